The number of carbonyl (C=O) groups excluding carboxylic acids is 1. The summed E-state index contributed by atoms with van der Waals surface area (Å²) in [7, 11) is 0. The first kappa shape index (κ1) is 18.4. The van der Waals surface area contributed by atoms with E-state index in [0.29, 0.717) is 5.95 Å². The van der Waals surface area contributed by atoms with Crippen LogP contribution in [0.1, 0.15) is 28.4 Å². The maximum atomic E-state index is 13.6. The topological polar surface area (TPSA) is 66.9 Å². The summed E-state index contributed by atoms with van der Waals surface area (Å²) in [6, 6.07) is 9.33. The number of nitrogens with one attached hydrogen (secondary N) is 2. The van der Waals surface area contributed by atoms with Gasteiger partial charge in [0.05, 0.1) is 5.56 Å². The first-order valence-corrected chi connectivity index (χ1v) is 8.42. The Bertz CT molecular complexity index is 954. The maximum absolute atomic E-state index is 13.6. The highest BCUT2D eigenvalue weighted by Crippen LogP contribution is 2.24. The molecule has 2 aromatic carbocycles. The summed E-state index contributed by atoms with van der Waals surface area (Å²) >= 11 is 0. The lowest BCUT2D eigenvalue weighted by Crippen LogP contribution is -2.15. The molecule has 138 valence electrons. The van der Waals surface area contributed by atoms with Gasteiger partial charge in [0.1, 0.15) is 17.3 Å². The molecule has 27 heavy (non-hydrogen) atoms. The summed E-state index contributed by atoms with van der Waals surface area (Å²) in [6.07, 6.45) is 3.44. The molecule has 7 heteroatoms. The molecule has 0 aliphatic carbocycles. The van der Waals surface area contributed by atoms with Crippen LogP contribution in [0.2, 0.25) is 0 Å². The van der Waals surface area contributed by atoms with Crippen molar-refractivity contribution in [3.63, 3.8) is 0 Å². The number of aromatic nitrogens is 2. The number of amides is 1. The fourth-order valence-electron chi connectivity index (χ4n) is 2.63. The second-order valence-electron chi connectivity index (χ2n) is 5.93. The van der Waals surface area contributed by atoms with E-state index in [1.165, 1.54) is 18.5 Å². The van der Waals surface area contributed by atoms with Gasteiger partial charge in [-0.15, -0.1) is 0 Å². The van der Waals surface area contributed by atoms with Gasteiger partial charge < -0.3 is 10.6 Å². The van der Waals surface area contributed by atoms with E-state index in [9.17, 15) is 13.6 Å². The lowest BCUT2D eigenvalue weighted by molar-refractivity contribution is 0.102. The van der Waals surface area contributed by atoms with Gasteiger partial charge >= 0.3 is 0 Å². The predicted molar refractivity (Wildman–Crippen MR) is 100 cm³/mol. The molecule has 0 unspecified atom stereocenters. The molecule has 1 heterocycles. The number of anilines is 3. The summed E-state index contributed by atoms with van der Waals surface area (Å²) in [6.45, 7) is 4.03. The van der Waals surface area contributed by atoms with Crippen molar-refractivity contribution in [3.8, 4) is 0 Å². The minimum Gasteiger partial charge on any atom is -0.324 e. The normalized spacial score (nSPS) is 10.5. The summed E-state index contributed by atoms with van der Waals surface area (Å²) in [5.41, 5.74) is 2.68. The third-order valence-corrected chi connectivity index (χ3v) is 4.09. The van der Waals surface area contributed by atoms with Gasteiger partial charge in [0.15, 0.2) is 0 Å². The molecule has 1 aromatic heterocycles. The standard InChI is InChI=1S/C20H18F2N4O/c1-3-13-7-4-6-12(2)17(13)26-20-23-10-14(11-24-20)19(27)25-18-15(21)8-5-9-16(18)22/h4-11H,3H2,1-2H3,(H,25,27)(H,23,24,26). The lowest BCUT2D eigenvalue weighted by Gasteiger charge is -2.13. The fourth-order valence-corrected chi connectivity index (χ4v) is 2.63. The van der Waals surface area contributed by atoms with Crippen LogP contribution in [0, 0.1) is 18.6 Å². The Morgan fingerprint density at radius 1 is 1.00 bits per heavy atom. The minimum absolute atomic E-state index is 0.0868. The molecule has 0 atom stereocenters. The van der Waals surface area contributed by atoms with Gasteiger partial charge in [-0.25, -0.2) is 18.7 Å². The maximum Gasteiger partial charge on any atom is 0.258 e. The molecule has 2 N–H and O–H groups in total. The summed E-state index contributed by atoms with van der Waals surface area (Å²) in [5, 5.41) is 5.35. The zero-order chi connectivity index (χ0) is 19.4. The zero-order valence-corrected chi connectivity index (χ0v) is 14.9. The highest BCUT2D eigenvalue weighted by molar-refractivity contribution is 6.04. The molecule has 0 bridgehead atoms. The molecule has 3 aromatic rings. The molecule has 3 rings (SSSR count). The highest BCUT2D eigenvalue weighted by atomic mass is 19.1. The largest absolute Gasteiger partial charge is 0.324 e. The van der Waals surface area contributed by atoms with E-state index in [1.54, 1.807) is 0 Å². The molecule has 0 spiro atoms. The van der Waals surface area contributed by atoms with Crippen molar-refractivity contribution in [3.05, 3.63) is 77.1 Å². The van der Waals surface area contributed by atoms with Crippen molar-refractivity contribution >= 4 is 23.2 Å². The molecule has 0 aliphatic rings. The van der Waals surface area contributed by atoms with Crippen LogP contribution >= 0.6 is 0 Å². The van der Waals surface area contributed by atoms with Crippen LogP contribution in [-0.4, -0.2) is 15.9 Å². The summed E-state index contributed by atoms with van der Waals surface area (Å²) in [4.78, 5) is 20.5. The Balaban J connectivity index is 1.77. The van der Waals surface area contributed by atoms with Gasteiger partial charge in [-0.05, 0) is 36.6 Å². The molecular weight excluding hydrogens is 350 g/mol. The van der Waals surface area contributed by atoms with Crippen molar-refractivity contribution in [1.82, 2.24) is 9.97 Å². The molecule has 5 nitrogen and oxygen atoms in total. The van der Waals surface area contributed by atoms with E-state index >= 15 is 0 Å². The zero-order valence-electron chi connectivity index (χ0n) is 14.9. The van der Waals surface area contributed by atoms with Crippen LogP contribution in [0.25, 0.3) is 0 Å². The van der Waals surface area contributed by atoms with Crippen molar-refractivity contribution in [1.29, 1.82) is 0 Å². The third kappa shape index (κ3) is 4.08. The molecule has 1 amide bonds. The van der Waals surface area contributed by atoms with Crippen LogP contribution in [0.15, 0.2) is 48.8 Å². The Labute approximate surface area is 155 Å². The van der Waals surface area contributed by atoms with Crippen molar-refractivity contribution in [2.24, 2.45) is 0 Å². The van der Waals surface area contributed by atoms with Crippen molar-refractivity contribution < 1.29 is 13.6 Å². The Morgan fingerprint density at radius 3 is 2.26 bits per heavy atom. The van der Waals surface area contributed by atoms with E-state index in [4.69, 9.17) is 0 Å². The molecular formula is C20H18F2N4O. The smallest absolute Gasteiger partial charge is 0.258 e. The number of benzene rings is 2. The van der Waals surface area contributed by atoms with Crippen LogP contribution < -0.4 is 10.6 Å². The van der Waals surface area contributed by atoms with Crippen LogP contribution in [0.4, 0.5) is 26.1 Å². The number of rotatable bonds is 5. The fraction of sp³-hybridized carbons (Fsp3) is 0.150. The first-order chi connectivity index (χ1) is 13.0. The van der Waals surface area contributed by atoms with E-state index < -0.39 is 23.2 Å². The van der Waals surface area contributed by atoms with Gasteiger partial charge in [-0.1, -0.05) is 31.2 Å². The molecule has 0 radical (unpaired) electrons. The van der Waals surface area contributed by atoms with Gasteiger partial charge in [0, 0.05) is 18.1 Å². The Hall–Kier alpha value is -3.35. The van der Waals surface area contributed by atoms with Gasteiger partial charge in [0.25, 0.3) is 5.91 Å². The molecule has 0 saturated carbocycles. The van der Waals surface area contributed by atoms with Crippen LogP contribution in [0.5, 0.6) is 0 Å². The predicted octanol–water partition coefficient (Wildman–Crippen LogP) is 4.62. The van der Waals surface area contributed by atoms with E-state index in [-0.39, 0.29) is 5.56 Å². The van der Waals surface area contributed by atoms with Crippen LogP contribution in [-0.2, 0) is 6.42 Å². The number of hydrogen-bond donors (Lipinski definition) is 2. The number of carbonyl (C=O) groups is 1. The second kappa shape index (κ2) is 7.90. The SMILES string of the molecule is CCc1cccc(C)c1Nc1ncc(C(=O)Nc2c(F)cccc2F)cn1. The lowest BCUT2D eigenvalue weighted by atomic mass is 10.1. The Kier molecular flexibility index (Phi) is 5.40. The Morgan fingerprint density at radius 2 is 1.63 bits per heavy atom. The number of hydrogen-bond acceptors (Lipinski definition) is 4. The van der Waals surface area contributed by atoms with Crippen molar-refractivity contribution in [2.45, 2.75) is 20.3 Å². The highest BCUT2D eigenvalue weighted by Gasteiger charge is 2.14. The minimum atomic E-state index is -0.853. The van der Waals surface area contributed by atoms with E-state index in [1.807, 2.05) is 25.1 Å². The van der Waals surface area contributed by atoms with E-state index in [0.717, 1.165) is 35.4 Å². The molecule has 0 aliphatic heterocycles. The van der Waals surface area contributed by atoms with Gasteiger partial charge in [-0.2, -0.15) is 0 Å². The van der Waals surface area contributed by atoms with E-state index in [2.05, 4.69) is 27.5 Å². The van der Waals surface area contributed by atoms with Crippen molar-refractivity contribution in [2.75, 3.05) is 10.6 Å². The number of aryl methyl sites for hydroxylation is 2. The summed E-state index contributed by atoms with van der Waals surface area (Å²) in [5.74, 6) is -2.08. The second-order valence-corrected chi connectivity index (χ2v) is 5.93. The molecule has 0 saturated heterocycles. The number of halogens is 2. The first-order valence-electron chi connectivity index (χ1n) is 8.42. The number of nitrogens with zero attached hydrogens (tertiary/aromatic N) is 2. The van der Waals surface area contributed by atoms with Gasteiger partial charge in [0.2, 0.25) is 5.95 Å². The number of para-hydroxylation sites is 2. The average Bonchev–Trinajstić information content (AvgIpc) is 2.67. The quantitative estimate of drug-likeness (QED) is 0.689. The summed E-state index contributed by atoms with van der Waals surface area (Å²) < 4.78 is 27.3. The average molecular weight is 368 g/mol. The van der Waals surface area contributed by atoms with Gasteiger partial charge in [-0.3, -0.25) is 4.79 Å². The third-order valence-electron chi connectivity index (χ3n) is 4.09. The monoisotopic (exact) mass is 368 g/mol. The van der Waals surface area contributed by atoms with Crippen LogP contribution in [0.3, 0.4) is 0 Å². The molecule has 0 fully saturated rings.